The first-order valence-corrected chi connectivity index (χ1v) is 8.05. The largest absolute Gasteiger partial charge is 0.482 e. The zero-order valence-electron chi connectivity index (χ0n) is 13.8. The van der Waals surface area contributed by atoms with Crippen molar-refractivity contribution < 1.29 is 23.9 Å². The van der Waals surface area contributed by atoms with Crippen LogP contribution < -0.4 is 15.0 Å². The predicted octanol–water partition coefficient (Wildman–Crippen LogP) is 1.82. The van der Waals surface area contributed by atoms with Crippen LogP contribution in [0.2, 0.25) is 0 Å². The number of hydrogen-bond acceptors (Lipinski definition) is 5. The summed E-state index contributed by atoms with van der Waals surface area (Å²) < 4.78 is 5.28. The summed E-state index contributed by atoms with van der Waals surface area (Å²) in [4.78, 5) is 50.1. The van der Waals surface area contributed by atoms with Crippen LogP contribution in [0.5, 0.6) is 5.75 Å². The molecule has 4 rings (SSSR count). The summed E-state index contributed by atoms with van der Waals surface area (Å²) in [6, 6.07) is 10.4. The summed E-state index contributed by atoms with van der Waals surface area (Å²) >= 11 is 0. The highest BCUT2D eigenvalue weighted by Crippen LogP contribution is 2.33. The standard InChI is InChI=1S/C19H14N2O5/c1-10(21-14-5-3-2-4-12(14)18(24)19(21)25)17(23)11-6-7-15-13(8-11)20-16(22)9-26-15/h2-8,10H,9H2,1H3,(H,20,22). The minimum absolute atomic E-state index is 0.0716. The van der Waals surface area contributed by atoms with E-state index in [-0.39, 0.29) is 18.3 Å². The van der Waals surface area contributed by atoms with Gasteiger partial charge in [0.2, 0.25) is 0 Å². The maximum Gasteiger partial charge on any atom is 0.300 e. The van der Waals surface area contributed by atoms with Crippen LogP contribution in [0.25, 0.3) is 0 Å². The molecule has 0 radical (unpaired) electrons. The maximum absolute atomic E-state index is 12.9. The molecule has 1 atom stereocenters. The number of carbonyl (C=O) groups is 4. The topological polar surface area (TPSA) is 92.8 Å². The number of fused-ring (bicyclic) bond motifs is 2. The van der Waals surface area contributed by atoms with E-state index in [9.17, 15) is 19.2 Å². The molecule has 0 aromatic heterocycles. The fraction of sp³-hybridized carbons (Fsp3) is 0.158. The molecule has 0 aliphatic carbocycles. The van der Waals surface area contributed by atoms with Crippen molar-refractivity contribution in [1.82, 2.24) is 0 Å². The van der Waals surface area contributed by atoms with Crippen LogP contribution in [0.3, 0.4) is 0 Å². The number of nitrogens with zero attached hydrogens (tertiary/aromatic N) is 1. The normalized spacial score (nSPS) is 16.5. The molecular formula is C19H14N2O5. The van der Waals surface area contributed by atoms with Crippen LogP contribution in [-0.2, 0) is 9.59 Å². The molecule has 2 aliphatic rings. The number of carbonyl (C=O) groups excluding carboxylic acids is 4. The number of nitrogens with one attached hydrogen (secondary N) is 1. The molecule has 0 saturated heterocycles. The number of hydrogen-bond donors (Lipinski definition) is 1. The van der Waals surface area contributed by atoms with Crippen LogP contribution in [0, 0.1) is 0 Å². The molecule has 7 heteroatoms. The van der Waals surface area contributed by atoms with Crippen molar-refractivity contribution in [2.24, 2.45) is 0 Å². The summed E-state index contributed by atoms with van der Waals surface area (Å²) in [5, 5.41) is 2.64. The van der Waals surface area contributed by atoms with Gasteiger partial charge in [0, 0.05) is 5.56 Å². The van der Waals surface area contributed by atoms with Crippen molar-refractivity contribution >= 4 is 34.8 Å². The van der Waals surface area contributed by atoms with E-state index < -0.39 is 17.7 Å². The van der Waals surface area contributed by atoms with E-state index in [4.69, 9.17) is 4.74 Å². The minimum Gasteiger partial charge on any atom is -0.482 e. The lowest BCUT2D eigenvalue weighted by atomic mass is 10.0. The Morgan fingerprint density at radius 2 is 1.92 bits per heavy atom. The number of ketones is 2. The molecule has 2 aliphatic heterocycles. The number of benzene rings is 2. The molecule has 26 heavy (non-hydrogen) atoms. The Hall–Kier alpha value is -3.48. The summed E-state index contributed by atoms with van der Waals surface area (Å²) in [5.41, 5.74) is 1.44. The highest BCUT2D eigenvalue weighted by atomic mass is 16.5. The molecule has 2 aromatic carbocycles. The Kier molecular flexibility index (Phi) is 3.57. The van der Waals surface area contributed by atoms with E-state index in [1.54, 1.807) is 43.3 Å². The average Bonchev–Trinajstić information content (AvgIpc) is 2.91. The van der Waals surface area contributed by atoms with Gasteiger partial charge in [-0.05, 0) is 37.3 Å². The molecule has 2 heterocycles. The number of amides is 2. The Bertz CT molecular complexity index is 982. The highest BCUT2D eigenvalue weighted by Gasteiger charge is 2.40. The van der Waals surface area contributed by atoms with Gasteiger partial charge in [0.1, 0.15) is 5.75 Å². The van der Waals surface area contributed by atoms with Crippen LogP contribution in [0.1, 0.15) is 27.6 Å². The van der Waals surface area contributed by atoms with Gasteiger partial charge in [-0.3, -0.25) is 24.1 Å². The van der Waals surface area contributed by atoms with Crippen molar-refractivity contribution in [3.63, 3.8) is 0 Å². The molecule has 0 bridgehead atoms. The van der Waals surface area contributed by atoms with Crippen molar-refractivity contribution in [2.75, 3.05) is 16.8 Å². The number of anilines is 2. The van der Waals surface area contributed by atoms with Crippen LogP contribution in [-0.4, -0.2) is 36.0 Å². The second-order valence-electron chi connectivity index (χ2n) is 6.11. The van der Waals surface area contributed by atoms with E-state index in [0.29, 0.717) is 28.3 Å². The SMILES string of the molecule is CC(C(=O)c1ccc2c(c1)NC(=O)CO2)N1C(=O)C(=O)c2ccccc21. The van der Waals surface area contributed by atoms with Gasteiger partial charge >= 0.3 is 0 Å². The van der Waals surface area contributed by atoms with Crippen LogP contribution in [0.4, 0.5) is 11.4 Å². The van der Waals surface area contributed by atoms with Gasteiger partial charge in [0.15, 0.2) is 12.4 Å². The first-order valence-electron chi connectivity index (χ1n) is 8.05. The minimum atomic E-state index is -0.867. The summed E-state index contributed by atoms with van der Waals surface area (Å²) in [5.74, 6) is -1.51. The third-order valence-corrected chi connectivity index (χ3v) is 4.48. The zero-order chi connectivity index (χ0) is 18.4. The quantitative estimate of drug-likeness (QED) is 0.673. The van der Waals surface area contributed by atoms with E-state index in [0.717, 1.165) is 0 Å². The number of ether oxygens (including phenoxy) is 1. The lowest BCUT2D eigenvalue weighted by molar-refractivity contribution is -0.118. The van der Waals surface area contributed by atoms with Gasteiger partial charge in [-0.1, -0.05) is 12.1 Å². The zero-order valence-corrected chi connectivity index (χ0v) is 13.8. The molecule has 0 saturated carbocycles. The van der Waals surface area contributed by atoms with Gasteiger partial charge in [-0.25, -0.2) is 0 Å². The summed E-state index contributed by atoms with van der Waals surface area (Å²) in [6.45, 7) is 1.50. The van der Waals surface area contributed by atoms with E-state index in [1.807, 2.05) is 0 Å². The molecule has 0 spiro atoms. The fourth-order valence-electron chi connectivity index (χ4n) is 3.19. The second kappa shape index (κ2) is 5.80. The van der Waals surface area contributed by atoms with Gasteiger partial charge in [0.05, 0.1) is 23.0 Å². The van der Waals surface area contributed by atoms with Crippen molar-refractivity contribution in [3.8, 4) is 5.75 Å². The van der Waals surface area contributed by atoms with Crippen molar-refractivity contribution in [3.05, 3.63) is 53.6 Å². The van der Waals surface area contributed by atoms with Crippen LogP contribution >= 0.6 is 0 Å². The Morgan fingerprint density at radius 1 is 1.15 bits per heavy atom. The summed E-state index contributed by atoms with van der Waals surface area (Å²) in [7, 11) is 0. The Balaban J connectivity index is 1.67. The first-order chi connectivity index (χ1) is 12.5. The smallest absolute Gasteiger partial charge is 0.300 e. The van der Waals surface area contributed by atoms with E-state index in [1.165, 1.54) is 11.0 Å². The lowest BCUT2D eigenvalue weighted by Gasteiger charge is -2.24. The van der Waals surface area contributed by atoms with Gasteiger partial charge < -0.3 is 10.1 Å². The Labute approximate surface area is 148 Å². The fourth-order valence-corrected chi connectivity index (χ4v) is 3.19. The van der Waals surface area contributed by atoms with Gasteiger partial charge in [0.25, 0.3) is 17.6 Å². The third kappa shape index (κ3) is 2.36. The molecule has 1 unspecified atom stereocenters. The van der Waals surface area contributed by atoms with Gasteiger partial charge in [-0.15, -0.1) is 0 Å². The molecular weight excluding hydrogens is 336 g/mol. The van der Waals surface area contributed by atoms with Gasteiger partial charge in [-0.2, -0.15) is 0 Å². The van der Waals surface area contributed by atoms with E-state index in [2.05, 4.69) is 5.32 Å². The van der Waals surface area contributed by atoms with Crippen LogP contribution in [0.15, 0.2) is 42.5 Å². The summed E-state index contributed by atoms with van der Waals surface area (Å²) in [6.07, 6.45) is 0. The molecule has 2 aromatic rings. The molecule has 130 valence electrons. The highest BCUT2D eigenvalue weighted by molar-refractivity contribution is 6.53. The molecule has 1 N–H and O–H groups in total. The molecule has 0 fully saturated rings. The molecule has 2 amide bonds. The van der Waals surface area contributed by atoms with Crippen molar-refractivity contribution in [1.29, 1.82) is 0 Å². The first kappa shape index (κ1) is 16.0. The average molecular weight is 350 g/mol. The number of para-hydroxylation sites is 1. The maximum atomic E-state index is 12.9. The lowest BCUT2D eigenvalue weighted by Crippen LogP contribution is -2.42. The Morgan fingerprint density at radius 3 is 2.73 bits per heavy atom. The predicted molar refractivity (Wildman–Crippen MR) is 92.6 cm³/mol. The molecule has 7 nitrogen and oxygen atoms in total. The number of rotatable bonds is 3. The third-order valence-electron chi connectivity index (χ3n) is 4.48. The second-order valence-corrected chi connectivity index (χ2v) is 6.11. The van der Waals surface area contributed by atoms with E-state index >= 15 is 0 Å². The van der Waals surface area contributed by atoms with Crippen molar-refractivity contribution in [2.45, 2.75) is 13.0 Å². The monoisotopic (exact) mass is 350 g/mol. The number of Topliss-reactive ketones (excluding diaryl/α,β-unsaturated/α-hetero) is 2.